The molecular formula is C17H17ClFNO2. The summed E-state index contributed by atoms with van der Waals surface area (Å²) in [5, 5.41) is 3.29. The Morgan fingerprint density at radius 1 is 1.23 bits per heavy atom. The molecule has 0 saturated heterocycles. The highest BCUT2D eigenvalue weighted by Gasteiger charge is 2.04. The third-order valence-electron chi connectivity index (χ3n) is 3.05. The molecule has 0 unspecified atom stereocenters. The molecule has 0 aliphatic heterocycles. The fourth-order valence-corrected chi connectivity index (χ4v) is 2.09. The highest BCUT2D eigenvalue weighted by Crippen LogP contribution is 2.24. The van der Waals surface area contributed by atoms with E-state index in [1.54, 1.807) is 18.2 Å². The van der Waals surface area contributed by atoms with Crippen molar-refractivity contribution in [2.75, 3.05) is 13.2 Å². The van der Waals surface area contributed by atoms with Gasteiger partial charge in [0.05, 0.1) is 18.0 Å². The Morgan fingerprint density at radius 2 is 1.95 bits per heavy atom. The van der Waals surface area contributed by atoms with Gasteiger partial charge in [-0.25, -0.2) is 4.39 Å². The summed E-state index contributed by atoms with van der Waals surface area (Å²) in [7, 11) is 0. The summed E-state index contributed by atoms with van der Waals surface area (Å²) in [6.07, 6.45) is 0.214. The smallest absolute Gasteiger partial charge is 0.224 e. The van der Waals surface area contributed by atoms with Gasteiger partial charge >= 0.3 is 0 Å². The summed E-state index contributed by atoms with van der Waals surface area (Å²) in [5.41, 5.74) is 1.82. The van der Waals surface area contributed by atoms with E-state index in [0.29, 0.717) is 23.9 Å². The maximum atomic E-state index is 12.8. The van der Waals surface area contributed by atoms with E-state index in [1.165, 1.54) is 12.1 Å². The Bertz CT molecular complexity index is 644. The SMILES string of the molecule is Cc1ccc(Cl)c(OCCNC(=O)Cc2ccc(F)cc2)c1. The number of hydrogen-bond acceptors (Lipinski definition) is 2. The Balaban J connectivity index is 1.73. The average Bonchev–Trinajstić information content (AvgIpc) is 2.49. The predicted molar refractivity (Wildman–Crippen MR) is 84.8 cm³/mol. The lowest BCUT2D eigenvalue weighted by molar-refractivity contribution is -0.120. The molecule has 0 radical (unpaired) electrons. The first-order chi connectivity index (χ1) is 10.5. The van der Waals surface area contributed by atoms with Crippen LogP contribution in [-0.2, 0) is 11.2 Å². The van der Waals surface area contributed by atoms with Gasteiger partial charge < -0.3 is 10.1 Å². The second-order valence-electron chi connectivity index (χ2n) is 4.94. The van der Waals surface area contributed by atoms with Crippen molar-refractivity contribution in [1.82, 2.24) is 5.32 Å². The van der Waals surface area contributed by atoms with Crippen molar-refractivity contribution in [3.8, 4) is 5.75 Å². The minimum Gasteiger partial charge on any atom is -0.490 e. The molecule has 3 nitrogen and oxygen atoms in total. The van der Waals surface area contributed by atoms with Gasteiger partial charge in [0.25, 0.3) is 0 Å². The quantitative estimate of drug-likeness (QED) is 0.827. The standard InChI is InChI=1S/C17H17ClFNO2/c1-12-2-7-15(18)16(10-12)22-9-8-20-17(21)11-13-3-5-14(19)6-4-13/h2-7,10H,8-9,11H2,1H3,(H,20,21). The molecule has 2 rings (SSSR count). The molecule has 1 amide bonds. The van der Waals surface area contributed by atoms with Gasteiger partial charge in [0.2, 0.25) is 5.91 Å². The number of nitrogens with one attached hydrogen (secondary N) is 1. The first kappa shape index (κ1) is 16.3. The first-order valence-electron chi connectivity index (χ1n) is 6.94. The molecule has 116 valence electrons. The Labute approximate surface area is 134 Å². The van der Waals surface area contributed by atoms with Crippen LogP contribution in [0.25, 0.3) is 0 Å². The molecule has 0 bridgehead atoms. The minimum absolute atomic E-state index is 0.134. The Hall–Kier alpha value is -2.07. The van der Waals surface area contributed by atoms with E-state index in [9.17, 15) is 9.18 Å². The molecular weight excluding hydrogens is 305 g/mol. The minimum atomic E-state index is -0.312. The number of ether oxygens (including phenoxy) is 1. The van der Waals surface area contributed by atoms with Crippen LogP contribution in [0.2, 0.25) is 5.02 Å². The van der Waals surface area contributed by atoms with Crippen molar-refractivity contribution in [2.45, 2.75) is 13.3 Å². The van der Waals surface area contributed by atoms with Crippen LogP contribution in [0.3, 0.4) is 0 Å². The topological polar surface area (TPSA) is 38.3 Å². The van der Waals surface area contributed by atoms with Gasteiger partial charge in [0.1, 0.15) is 18.2 Å². The van der Waals surface area contributed by atoms with Gasteiger partial charge in [0, 0.05) is 0 Å². The number of benzene rings is 2. The number of halogens is 2. The molecule has 1 N–H and O–H groups in total. The van der Waals surface area contributed by atoms with Crippen molar-refractivity contribution in [2.24, 2.45) is 0 Å². The van der Waals surface area contributed by atoms with E-state index in [0.717, 1.165) is 11.1 Å². The second-order valence-corrected chi connectivity index (χ2v) is 5.34. The fraction of sp³-hybridized carbons (Fsp3) is 0.235. The highest BCUT2D eigenvalue weighted by atomic mass is 35.5. The number of carbonyl (C=O) groups excluding carboxylic acids is 1. The zero-order valence-electron chi connectivity index (χ0n) is 12.2. The normalized spacial score (nSPS) is 10.3. The van der Waals surface area contributed by atoms with E-state index in [2.05, 4.69) is 5.32 Å². The van der Waals surface area contributed by atoms with E-state index < -0.39 is 0 Å². The average molecular weight is 322 g/mol. The molecule has 2 aromatic rings. The Morgan fingerprint density at radius 3 is 2.68 bits per heavy atom. The van der Waals surface area contributed by atoms with Crippen molar-refractivity contribution in [1.29, 1.82) is 0 Å². The second kappa shape index (κ2) is 7.80. The maximum absolute atomic E-state index is 12.8. The van der Waals surface area contributed by atoms with Gasteiger partial charge in [-0.15, -0.1) is 0 Å². The summed E-state index contributed by atoms with van der Waals surface area (Å²) in [4.78, 5) is 11.7. The number of carbonyl (C=O) groups is 1. The van der Waals surface area contributed by atoms with Crippen molar-refractivity contribution < 1.29 is 13.9 Å². The van der Waals surface area contributed by atoms with Crippen LogP contribution in [0.5, 0.6) is 5.75 Å². The van der Waals surface area contributed by atoms with Crippen LogP contribution in [0.1, 0.15) is 11.1 Å². The van der Waals surface area contributed by atoms with Gasteiger partial charge in [-0.3, -0.25) is 4.79 Å². The molecule has 0 atom stereocenters. The van der Waals surface area contributed by atoms with E-state index in [1.807, 2.05) is 19.1 Å². The first-order valence-corrected chi connectivity index (χ1v) is 7.32. The number of hydrogen-bond donors (Lipinski definition) is 1. The van der Waals surface area contributed by atoms with Crippen LogP contribution in [0, 0.1) is 12.7 Å². The molecule has 0 aliphatic rings. The van der Waals surface area contributed by atoms with Crippen molar-refractivity contribution in [3.05, 3.63) is 64.4 Å². The molecule has 0 heterocycles. The molecule has 5 heteroatoms. The molecule has 2 aromatic carbocycles. The zero-order chi connectivity index (χ0) is 15.9. The lowest BCUT2D eigenvalue weighted by atomic mass is 10.1. The number of aryl methyl sites for hydroxylation is 1. The van der Waals surface area contributed by atoms with Crippen LogP contribution >= 0.6 is 11.6 Å². The largest absolute Gasteiger partial charge is 0.490 e. The monoisotopic (exact) mass is 321 g/mol. The molecule has 0 saturated carbocycles. The third kappa shape index (κ3) is 5.04. The van der Waals surface area contributed by atoms with E-state index >= 15 is 0 Å². The zero-order valence-corrected chi connectivity index (χ0v) is 13.0. The molecule has 0 fully saturated rings. The van der Waals surface area contributed by atoms with Crippen molar-refractivity contribution in [3.63, 3.8) is 0 Å². The molecule has 22 heavy (non-hydrogen) atoms. The highest BCUT2D eigenvalue weighted by molar-refractivity contribution is 6.32. The van der Waals surface area contributed by atoms with Gasteiger partial charge in [-0.1, -0.05) is 29.8 Å². The number of rotatable bonds is 6. The summed E-state index contributed by atoms with van der Waals surface area (Å²) in [5.74, 6) is 0.160. The molecule has 0 aliphatic carbocycles. The van der Waals surface area contributed by atoms with Crippen LogP contribution in [0.15, 0.2) is 42.5 Å². The van der Waals surface area contributed by atoms with Crippen molar-refractivity contribution >= 4 is 17.5 Å². The predicted octanol–water partition coefficient (Wildman–Crippen LogP) is 3.53. The van der Waals surface area contributed by atoms with Crippen LogP contribution < -0.4 is 10.1 Å². The summed E-state index contributed by atoms with van der Waals surface area (Å²) in [6, 6.07) is 11.4. The Kier molecular flexibility index (Phi) is 5.78. The van der Waals surface area contributed by atoms with Crippen LogP contribution in [-0.4, -0.2) is 19.1 Å². The lowest BCUT2D eigenvalue weighted by Crippen LogP contribution is -2.29. The summed E-state index contributed by atoms with van der Waals surface area (Å²) < 4.78 is 18.3. The lowest BCUT2D eigenvalue weighted by Gasteiger charge is -2.10. The van der Waals surface area contributed by atoms with Gasteiger partial charge in [0.15, 0.2) is 0 Å². The fourth-order valence-electron chi connectivity index (χ4n) is 1.92. The molecule has 0 spiro atoms. The third-order valence-corrected chi connectivity index (χ3v) is 3.36. The molecule has 0 aromatic heterocycles. The van der Waals surface area contributed by atoms with E-state index in [-0.39, 0.29) is 18.1 Å². The van der Waals surface area contributed by atoms with Crippen LogP contribution in [0.4, 0.5) is 4.39 Å². The van der Waals surface area contributed by atoms with Gasteiger partial charge in [-0.2, -0.15) is 0 Å². The number of amides is 1. The summed E-state index contributed by atoms with van der Waals surface area (Å²) >= 11 is 6.01. The van der Waals surface area contributed by atoms with E-state index in [4.69, 9.17) is 16.3 Å². The maximum Gasteiger partial charge on any atom is 0.224 e. The van der Waals surface area contributed by atoms with Gasteiger partial charge in [-0.05, 0) is 42.3 Å². The summed E-state index contributed by atoms with van der Waals surface area (Å²) in [6.45, 7) is 2.66.